The monoisotopic (exact) mass is 313 g/mol. The molecule has 122 valence electrons. The molecule has 2 rings (SSSR count). The normalized spacial score (nSPS) is 14.1. The summed E-state index contributed by atoms with van der Waals surface area (Å²) in [6.07, 6.45) is -2.00. The Morgan fingerprint density at radius 3 is 1.74 bits per heavy atom. The summed E-state index contributed by atoms with van der Waals surface area (Å²) >= 11 is 0. The lowest BCUT2D eigenvalue weighted by atomic mass is 9.91. The average Bonchev–Trinajstić information content (AvgIpc) is 2.52. The molecule has 2 atom stereocenters. The van der Waals surface area contributed by atoms with Crippen molar-refractivity contribution < 1.29 is 15.0 Å². The molecule has 0 radical (unpaired) electrons. The molecule has 2 N–H and O–H groups in total. The Balaban J connectivity index is 2.54. The van der Waals surface area contributed by atoms with E-state index in [0.29, 0.717) is 5.56 Å². The second kappa shape index (κ2) is 6.84. The predicted molar refractivity (Wildman–Crippen MR) is 90.2 cm³/mol. The van der Waals surface area contributed by atoms with E-state index in [0.717, 1.165) is 5.56 Å². The number of rotatable bonds is 4. The molecule has 0 bridgehead atoms. The third-order valence-electron chi connectivity index (χ3n) is 3.79. The van der Waals surface area contributed by atoms with Crippen molar-refractivity contribution in [3.8, 4) is 0 Å². The smallest absolute Gasteiger partial charge is 0.408 e. The molecule has 2 aromatic rings. The van der Waals surface area contributed by atoms with E-state index in [1.54, 1.807) is 0 Å². The van der Waals surface area contributed by atoms with Gasteiger partial charge in [-0.25, -0.2) is 4.79 Å². The maximum Gasteiger partial charge on any atom is 0.408 e. The lowest BCUT2D eigenvalue weighted by molar-refractivity contribution is 0.00501. The minimum absolute atomic E-state index is 0.651. The number of hydrogen-bond acceptors (Lipinski definition) is 2. The van der Waals surface area contributed by atoms with Crippen molar-refractivity contribution in [1.82, 2.24) is 4.90 Å². The lowest BCUT2D eigenvalue weighted by Crippen LogP contribution is -2.48. The fourth-order valence-electron chi connectivity index (χ4n) is 2.78. The summed E-state index contributed by atoms with van der Waals surface area (Å²) in [7, 11) is 0. The highest BCUT2D eigenvalue weighted by molar-refractivity contribution is 5.67. The van der Waals surface area contributed by atoms with E-state index in [1.165, 1.54) is 4.90 Å². The van der Waals surface area contributed by atoms with Crippen LogP contribution in [0.3, 0.4) is 0 Å². The van der Waals surface area contributed by atoms with Gasteiger partial charge in [0.25, 0.3) is 0 Å². The molecule has 0 saturated carbocycles. The van der Waals surface area contributed by atoms with E-state index >= 15 is 0 Å². The van der Waals surface area contributed by atoms with Gasteiger partial charge in [0.1, 0.15) is 6.10 Å². The molecular formula is C19H23NO3. The fraction of sp³-hybridized carbons (Fsp3) is 0.316. The van der Waals surface area contributed by atoms with Crippen molar-refractivity contribution in [2.24, 2.45) is 0 Å². The van der Waals surface area contributed by atoms with E-state index in [9.17, 15) is 15.0 Å². The number of hydrogen-bond donors (Lipinski definition) is 2. The molecule has 4 heteroatoms. The van der Waals surface area contributed by atoms with Crippen LogP contribution in [0.4, 0.5) is 4.79 Å². The quantitative estimate of drug-likeness (QED) is 0.887. The van der Waals surface area contributed by atoms with Crippen LogP contribution in [0.15, 0.2) is 60.7 Å². The second-order valence-electron chi connectivity index (χ2n) is 6.53. The van der Waals surface area contributed by atoms with Crippen LogP contribution in [0.5, 0.6) is 0 Å². The van der Waals surface area contributed by atoms with Crippen LogP contribution in [0.1, 0.15) is 44.0 Å². The highest BCUT2D eigenvalue weighted by Gasteiger charge is 2.38. The van der Waals surface area contributed by atoms with Crippen molar-refractivity contribution >= 4 is 6.09 Å². The predicted octanol–water partition coefficient (Wildman–Crippen LogP) is 4.24. The Bertz CT molecular complexity index is 635. The molecule has 0 spiro atoms. The Labute approximate surface area is 137 Å². The summed E-state index contributed by atoms with van der Waals surface area (Å²) in [5.74, 6) is 0. The van der Waals surface area contributed by atoms with Gasteiger partial charge >= 0.3 is 6.09 Å². The maximum atomic E-state index is 11.9. The zero-order valence-electron chi connectivity index (χ0n) is 13.7. The SMILES string of the molecule is CC(C)(C)N(C(=O)O)[C@@H](c1ccccc1)[C@H](O)c1ccccc1. The molecule has 0 aliphatic carbocycles. The summed E-state index contributed by atoms with van der Waals surface area (Å²) in [6.45, 7) is 5.48. The van der Waals surface area contributed by atoms with Crippen LogP contribution in [-0.4, -0.2) is 26.7 Å². The van der Waals surface area contributed by atoms with Crippen molar-refractivity contribution in [2.75, 3.05) is 0 Å². The Morgan fingerprint density at radius 2 is 1.35 bits per heavy atom. The highest BCUT2D eigenvalue weighted by Crippen LogP contribution is 2.38. The summed E-state index contributed by atoms with van der Waals surface area (Å²) < 4.78 is 0. The Hall–Kier alpha value is -2.33. The number of carbonyl (C=O) groups is 1. The second-order valence-corrected chi connectivity index (χ2v) is 6.53. The number of carboxylic acid groups (broad SMARTS) is 1. The molecule has 23 heavy (non-hydrogen) atoms. The first-order valence-corrected chi connectivity index (χ1v) is 7.62. The van der Waals surface area contributed by atoms with E-state index < -0.39 is 23.8 Å². The van der Waals surface area contributed by atoms with Crippen LogP contribution >= 0.6 is 0 Å². The molecule has 1 amide bonds. The lowest BCUT2D eigenvalue weighted by Gasteiger charge is -2.42. The molecule has 0 aromatic heterocycles. The number of aliphatic hydroxyl groups is 1. The molecule has 2 aromatic carbocycles. The first-order chi connectivity index (χ1) is 10.8. The first kappa shape index (κ1) is 17.0. The Morgan fingerprint density at radius 1 is 0.913 bits per heavy atom. The standard InChI is InChI=1S/C19H23NO3/c1-19(2,3)20(18(22)23)16(14-10-6-4-7-11-14)17(21)15-12-8-5-9-13-15/h4-13,16-17,21H,1-3H3,(H,22,23)/t16-,17+/m0/s1. The molecule has 0 aliphatic heterocycles. The van der Waals surface area contributed by atoms with Gasteiger partial charge < -0.3 is 10.2 Å². The summed E-state index contributed by atoms with van der Waals surface area (Å²) in [6, 6.07) is 17.7. The summed E-state index contributed by atoms with van der Waals surface area (Å²) in [5, 5.41) is 20.7. The van der Waals surface area contributed by atoms with Crippen molar-refractivity contribution in [3.05, 3.63) is 71.8 Å². The molecular weight excluding hydrogens is 290 g/mol. The van der Waals surface area contributed by atoms with Gasteiger partial charge in [-0.1, -0.05) is 60.7 Å². The van der Waals surface area contributed by atoms with Crippen LogP contribution in [0.25, 0.3) is 0 Å². The van der Waals surface area contributed by atoms with Crippen molar-refractivity contribution in [2.45, 2.75) is 38.5 Å². The van der Waals surface area contributed by atoms with E-state index in [2.05, 4.69) is 0 Å². The molecule has 0 unspecified atom stereocenters. The van der Waals surface area contributed by atoms with Gasteiger partial charge in [-0.2, -0.15) is 0 Å². The van der Waals surface area contributed by atoms with Gasteiger partial charge in [-0.15, -0.1) is 0 Å². The highest BCUT2D eigenvalue weighted by atomic mass is 16.4. The third-order valence-corrected chi connectivity index (χ3v) is 3.79. The van der Waals surface area contributed by atoms with Crippen molar-refractivity contribution in [1.29, 1.82) is 0 Å². The van der Waals surface area contributed by atoms with Gasteiger partial charge in [0.2, 0.25) is 0 Å². The number of aliphatic hydroxyl groups excluding tert-OH is 1. The topological polar surface area (TPSA) is 60.8 Å². The number of nitrogens with zero attached hydrogens (tertiary/aromatic N) is 1. The minimum Gasteiger partial charge on any atom is -0.465 e. The van der Waals surface area contributed by atoms with Crippen LogP contribution in [0.2, 0.25) is 0 Å². The third kappa shape index (κ3) is 3.90. The van der Waals surface area contributed by atoms with Gasteiger partial charge in [0, 0.05) is 5.54 Å². The van der Waals surface area contributed by atoms with E-state index in [1.807, 2.05) is 81.4 Å². The Kier molecular flexibility index (Phi) is 5.06. The minimum atomic E-state index is -1.05. The van der Waals surface area contributed by atoms with Crippen LogP contribution in [0, 0.1) is 0 Å². The molecule has 0 fully saturated rings. The van der Waals surface area contributed by atoms with Gasteiger partial charge in [-0.3, -0.25) is 4.90 Å². The zero-order valence-corrected chi connectivity index (χ0v) is 13.7. The molecule has 0 saturated heterocycles. The van der Waals surface area contributed by atoms with E-state index in [4.69, 9.17) is 0 Å². The average molecular weight is 313 g/mol. The number of benzene rings is 2. The maximum absolute atomic E-state index is 11.9. The largest absolute Gasteiger partial charge is 0.465 e. The molecule has 0 heterocycles. The number of amides is 1. The fourth-order valence-corrected chi connectivity index (χ4v) is 2.78. The summed E-state index contributed by atoms with van der Waals surface area (Å²) in [4.78, 5) is 13.2. The first-order valence-electron chi connectivity index (χ1n) is 7.62. The molecule has 0 aliphatic rings. The van der Waals surface area contributed by atoms with Gasteiger partial charge in [-0.05, 0) is 31.9 Å². The molecule has 4 nitrogen and oxygen atoms in total. The summed E-state index contributed by atoms with van der Waals surface area (Å²) in [5.41, 5.74) is 0.806. The van der Waals surface area contributed by atoms with Crippen LogP contribution in [-0.2, 0) is 0 Å². The van der Waals surface area contributed by atoms with Crippen molar-refractivity contribution in [3.63, 3.8) is 0 Å². The van der Waals surface area contributed by atoms with E-state index in [-0.39, 0.29) is 0 Å². The van der Waals surface area contributed by atoms with Gasteiger partial charge in [0.15, 0.2) is 0 Å². The van der Waals surface area contributed by atoms with Gasteiger partial charge in [0.05, 0.1) is 6.04 Å². The van der Waals surface area contributed by atoms with Crippen LogP contribution < -0.4 is 0 Å². The zero-order chi connectivity index (χ0) is 17.0.